The van der Waals surface area contributed by atoms with Gasteiger partial charge in [-0.1, -0.05) is 33.3 Å². The van der Waals surface area contributed by atoms with Crippen LogP contribution >= 0.6 is 0 Å². The minimum absolute atomic E-state index is 0.525. The predicted octanol–water partition coefficient (Wildman–Crippen LogP) is 5.84. The van der Waals surface area contributed by atoms with E-state index in [0.717, 1.165) is 35.7 Å². The minimum atomic E-state index is 0.525. The third-order valence-electron chi connectivity index (χ3n) is 7.99. The Kier molecular flexibility index (Phi) is 3.74. The second-order valence-electron chi connectivity index (χ2n) is 8.68. The van der Waals surface area contributed by atoms with Crippen LogP contribution in [0.5, 0.6) is 5.75 Å². The molecular weight excluding hydrogens is 280 g/mol. The highest BCUT2D eigenvalue weighted by Crippen LogP contribution is 2.63. The molecule has 0 amide bonds. The Labute approximate surface area is 141 Å². The van der Waals surface area contributed by atoms with E-state index in [1.165, 1.54) is 50.5 Å². The molecule has 2 saturated carbocycles. The summed E-state index contributed by atoms with van der Waals surface area (Å²) >= 11 is 0. The van der Waals surface area contributed by atoms with Gasteiger partial charge in [-0.15, -0.1) is 0 Å². The summed E-state index contributed by atoms with van der Waals surface area (Å²) in [5.41, 5.74) is 4.79. The number of hydrogen-bond acceptors (Lipinski definition) is 1. The van der Waals surface area contributed by atoms with E-state index in [1.807, 2.05) is 0 Å². The molecule has 1 nitrogen and oxygen atoms in total. The minimum Gasteiger partial charge on any atom is -0.508 e. The lowest BCUT2D eigenvalue weighted by atomic mass is 9.54. The zero-order valence-corrected chi connectivity index (χ0v) is 15.1. The molecule has 23 heavy (non-hydrogen) atoms. The van der Waals surface area contributed by atoms with Crippen LogP contribution in [-0.4, -0.2) is 5.11 Å². The number of aryl methyl sites for hydroxylation is 2. The molecule has 2 fully saturated rings. The highest BCUT2D eigenvalue weighted by molar-refractivity contribution is 5.45. The number of phenols is 1. The Hall–Kier alpha value is -0.980. The summed E-state index contributed by atoms with van der Waals surface area (Å²) in [6, 6.07) is 4.44. The van der Waals surface area contributed by atoms with Crippen molar-refractivity contribution in [2.75, 3.05) is 0 Å². The lowest BCUT2D eigenvalue weighted by Gasteiger charge is -2.51. The summed E-state index contributed by atoms with van der Waals surface area (Å²) < 4.78 is 0. The quantitative estimate of drug-likeness (QED) is 0.727. The van der Waals surface area contributed by atoms with Crippen molar-refractivity contribution >= 4 is 0 Å². The molecule has 3 aliphatic carbocycles. The highest BCUT2D eigenvalue weighted by atomic mass is 16.3. The maximum Gasteiger partial charge on any atom is 0.119 e. The van der Waals surface area contributed by atoms with Crippen molar-refractivity contribution in [2.45, 2.75) is 78.1 Å². The predicted molar refractivity (Wildman–Crippen MR) is 95.9 cm³/mol. The summed E-state index contributed by atoms with van der Waals surface area (Å²) in [5.74, 6) is 4.08. The molecular formula is C22H32O. The van der Waals surface area contributed by atoms with Gasteiger partial charge < -0.3 is 5.11 Å². The SMILES string of the molecule is CCc1cc2c(cc1O)CC[C@@H]1[C@@H]2CC[C@]2(C)[C@@H](CC)CC[C@@H]12. The summed E-state index contributed by atoms with van der Waals surface area (Å²) in [4.78, 5) is 0. The van der Waals surface area contributed by atoms with Gasteiger partial charge in [-0.3, -0.25) is 0 Å². The maximum absolute atomic E-state index is 10.2. The van der Waals surface area contributed by atoms with E-state index < -0.39 is 0 Å². The van der Waals surface area contributed by atoms with Gasteiger partial charge in [-0.25, -0.2) is 0 Å². The van der Waals surface area contributed by atoms with Crippen LogP contribution in [0, 0.1) is 23.2 Å². The molecule has 0 bridgehead atoms. The van der Waals surface area contributed by atoms with E-state index in [-0.39, 0.29) is 0 Å². The molecule has 0 heterocycles. The van der Waals surface area contributed by atoms with Gasteiger partial charge >= 0.3 is 0 Å². The number of phenolic OH excluding ortho intramolecular Hbond substituents is 1. The standard InChI is InChI=1S/C22H32O/c1-4-14-12-19-15(13-21(14)23)6-8-18-17(19)10-11-22(3)16(5-2)7-9-20(18)22/h12-13,16-18,20,23H,4-11H2,1-3H3/t16-,17-,18+,20-,22+/m0/s1. The van der Waals surface area contributed by atoms with Crippen molar-refractivity contribution in [1.29, 1.82) is 0 Å². The van der Waals surface area contributed by atoms with Gasteiger partial charge in [0.25, 0.3) is 0 Å². The van der Waals surface area contributed by atoms with Gasteiger partial charge in [0.15, 0.2) is 0 Å². The fourth-order valence-corrected chi connectivity index (χ4v) is 6.72. The number of hydrogen-bond donors (Lipinski definition) is 1. The second kappa shape index (κ2) is 5.53. The average molecular weight is 312 g/mol. The van der Waals surface area contributed by atoms with Crippen LogP contribution in [-0.2, 0) is 12.8 Å². The Morgan fingerprint density at radius 1 is 1.13 bits per heavy atom. The van der Waals surface area contributed by atoms with Gasteiger partial charge in [0.2, 0.25) is 0 Å². The molecule has 0 radical (unpaired) electrons. The van der Waals surface area contributed by atoms with E-state index in [2.05, 4.69) is 32.9 Å². The van der Waals surface area contributed by atoms with Gasteiger partial charge in [0.1, 0.15) is 5.75 Å². The monoisotopic (exact) mass is 312 g/mol. The molecule has 0 aromatic heterocycles. The highest BCUT2D eigenvalue weighted by Gasteiger charge is 2.53. The van der Waals surface area contributed by atoms with E-state index in [0.29, 0.717) is 11.2 Å². The summed E-state index contributed by atoms with van der Waals surface area (Å²) in [6.07, 6.45) is 10.5. The average Bonchev–Trinajstić information content (AvgIpc) is 2.90. The van der Waals surface area contributed by atoms with E-state index >= 15 is 0 Å². The van der Waals surface area contributed by atoms with Gasteiger partial charge in [-0.05, 0) is 96.8 Å². The Bertz CT molecular complexity index is 604. The molecule has 0 aliphatic heterocycles. The first-order chi connectivity index (χ1) is 11.1. The zero-order valence-electron chi connectivity index (χ0n) is 15.1. The number of benzene rings is 1. The van der Waals surface area contributed by atoms with Crippen molar-refractivity contribution in [3.63, 3.8) is 0 Å². The molecule has 1 aromatic rings. The molecule has 0 spiro atoms. The Balaban J connectivity index is 1.70. The third kappa shape index (κ3) is 2.18. The van der Waals surface area contributed by atoms with E-state index in [1.54, 1.807) is 5.56 Å². The molecule has 0 unspecified atom stereocenters. The lowest BCUT2D eigenvalue weighted by molar-refractivity contribution is 0.0273. The van der Waals surface area contributed by atoms with Gasteiger partial charge in [-0.2, -0.15) is 0 Å². The normalized spacial score (nSPS) is 38.7. The second-order valence-corrected chi connectivity index (χ2v) is 8.68. The summed E-state index contributed by atoms with van der Waals surface area (Å²) in [7, 11) is 0. The van der Waals surface area contributed by atoms with Crippen LogP contribution < -0.4 is 0 Å². The first kappa shape index (κ1) is 15.5. The van der Waals surface area contributed by atoms with Gasteiger partial charge in [0.05, 0.1) is 0 Å². The molecule has 1 N–H and O–H groups in total. The molecule has 1 aromatic carbocycles. The van der Waals surface area contributed by atoms with Crippen LogP contribution in [0.2, 0.25) is 0 Å². The molecule has 126 valence electrons. The number of fused-ring (bicyclic) bond motifs is 5. The molecule has 3 aliphatic rings. The van der Waals surface area contributed by atoms with E-state index in [4.69, 9.17) is 0 Å². The number of aromatic hydroxyl groups is 1. The van der Waals surface area contributed by atoms with Crippen molar-refractivity contribution in [3.8, 4) is 5.75 Å². The van der Waals surface area contributed by atoms with Crippen LogP contribution in [0.4, 0.5) is 0 Å². The molecule has 1 heteroatoms. The summed E-state index contributed by atoms with van der Waals surface area (Å²) in [5, 5.41) is 10.2. The summed E-state index contributed by atoms with van der Waals surface area (Å²) in [6.45, 7) is 7.16. The Morgan fingerprint density at radius 3 is 2.70 bits per heavy atom. The fourth-order valence-electron chi connectivity index (χ4n) is 6.72. The van der Waals surface area contributed by atoms with Crippen molar-refractivity contribution in [2.24, 2.45) is 23.2 Å². The Morgan fingerprint density at radius 2 is 1.96 bits per heavy atom. The first-order valence-corrected chi connectivity index (χ1v) is 9.93. The maximum atomic E-state index is 10.2. The number of rotatable bonds is 2. The van der Waals surface area contributed by atoms with Crippen LogP contribution in [0.1, 0.15) is 81.9 Å². The van der Waals surface area contributed by atoms with Crippen molar-refractivity contribution < 1.29 is 5.11 Å². The van der Waals surface area contributed by atoms with Crippen LogP contribution in [0.15, 0.2) is 12.1 Å². The van der Waals surface area contributed by atoms with Crippen LogP contribution in [0.3, 0.4) is 0 Å². The fraction of sp³-hybridized carbons (Fsp3) is 0.727. The largest absolute Gasteiger partial charge is 0.508 e. The van der Waals surface area contributed by atoms with E-state index in [9.17, 15) is 5.11 Å². The topological polar surface area (TPSA) is 20.2 Å². The zero-order chi connectivity index (χ0) is 16.2. The van der Waals surface area contributed by atoms with Gasteiger partial charge in [0, 0.05) is 0 Å². The van der Waals surface area contributed by atoms with Crippen molar-refractivity contribution in [3.05, 3.63) is 28.8 Å². The molecule has 5 atom stereocenters. The smallest absolute Gasteiger partial charge is 0.119 e. The van der Waals surface area contributed by atoms with Crippen LogP contribution in [0.25, 0.3) is 0 Å². The lowest BCUT2D eigenvalue weighted by Crippen LogP contribution is -2.42. The van der Waals surface area contributed by atoms with Crippen molar-refractivity contribution in [1.82, 2.24) is 0 Å². The molecule has 4 rings (SSSR count). The first-order valence-electron chi connectivity index (χ1n) is 9.93. The molecule has 0 saturated heterocycles. The third-order valence-corrected chi connectivity index (χ3v) is 7.99.